The van der Waals surface area contributed by atoms with Crippen molar-refractivity contribution in [3.8, 4) is 0 Å². The molecule has 2 aliphatic rings. The molecule has 0 radical (unpaired) electrons. The fourth-order valence-corrected chi connectivity index (χ4v) is 3.34. The Hall–Kier alpha value is -0.770. The molecule has 1 aromatic carbocycles. The maximum Gasteiger partial charge on any atom is 0.226 e. The lowest BCUT2D eigenvalue weighted by Gasteiger charge is -2.15. The molecule has 2 fully saturated rings. The Morgan fingerprint density at radius 3 is 2.79 bits per heavy atom. The normalized spacial score (nSPS) is 29.6. The Labute approximate surface area is 122 Å². The summed E-state index contributed by atoms with van der Waals surface area (Å²) >= 11 is 12.0. The smallest absolute Gasteiger partial charge is 0.226 e. The zero-order valence-corrected chi connectivity index (χ0v) is 11.9. The first-order valence-corrected chi connectivity index (χ1v) is 7.23. The molecule has 5 heteroatoms. The van der Waals surface area contributed by atoms with Crippen molar-refractivity contribution < 1.29 is 9.90 Å². The van der Waals surface area contributed by atoms with E-state index in [1.807, 2.05) is 12.1 Å². The fourth-order valence-electron chi connectivity index (χ4n) is 2.79. The van der Waals surface area contributed by atoms with E-state index in [-0.39, 0.29) is 23.8 Å². The highest BCUT2D eigenvalue weighted by atomic mass is 35.5. The number of hydrogen-bond acceptors (Lipinski definition) is 2. The van der Waals surface area contributed by atoms with Crippen molar-refractivity contribution in [2.75, 3.05) is 13.1 Å². The van der Waals surface area contributed by atoms with E-state index in [2.05, 4.69) is 0 Å². The molecule has 102 valence electrons. The molecule has 3 atom stereocenters. The Morgan fingerprint density at radius 1 is 1.37 bits per heavy atom. The number of nitrogens with zero attached hydrogens (tertiary/aromatic N) is 1. The van der Waals surface area contributed by atoms with Crippen molar-refractivity contribution in [1.29, 1.82) is 0 Å². The van der Waals surface area contributed by atoms with Crippen LogP contribution in [0.5, 0.6) is 0 Å². The van der Waals surface area contributed by atoms with Gasteiger partial charge in [0.05, 0.1) is 6.10 Å². The van der Waals surface area contributed by atoms with Crippen LogP contribution in [0, 0.1) is 5.92 Å². The first-order chi connectivity index (χ1) is 9.06. The second-order valence-electron chi connectivity index (χ2n) is 5.34. The minimum absolute atomic E-state index is 0.0176. The largest absolute Gasteiger partial charge is 0.391 e. The SMILES string of the molecule is O=C(C1CC1c1ccc(Cl)cc1Cl)N1CC[C@@H](O)C1. The van der Waals surface area contributed by atoms with E-state index < -0.39 is 0 Å². The Bertz CT molecular complexity index is 520. The van der Waals surface area contributed by atoms with Crippen LogP contribution < -0.4 is 0 Å². The van der Waals surface area contributed by atoms with Crippen LogP contribution in [0.25, 0.3) is 0 Å². The van der Waals surface area contributed by atoms with Crippen LogP contribution in [0.1, 0.15) is 24.3 Å². The summed E-state index contributed by atoms with van der Waals surface area (Å²) < 4.78 is 0. The highest BCUT2D eigenvalue weighted by Crippen LogP contribution is 2.51. The summed E-state index contributed by atoms with van der Waals surface area (Å²) in [5, 5.41) is 10.7. The average molecular weight is 300 g/mol. The van der Waals surface area contributed by atoms with Gasteiger partial charge in [0.15, 0.2) is 0 Å². The first kappa shape index (κ1) is 13.2. The predicted molar refractivity (Wildman–Crippen MR) is 74.5 cm³/mol. The summed E-state index contributed by atoms with van der Waals surface area (Å²) in [5.74, 6) is 0.367. The number of aliphatic hydroxyl groups is 1. The molecule has 0 spiro atoms. The number of amides is 1. The van der Waals surface area contributed by atoms with Gasteiger partial charge < -0.3 is 10.0 Å². The van der Waals surface area contributed by atoms with Crippen LogP contribution in [0.15, 0.2) is 18.2 Å². The molecule has 1 saturated heterocycles. The van der Waals surface area contributed by atoms with Gasteiger partial charge in [-0.15, -0.1) is 0 Å². The highest BCUT2D eigenvalue weighted by molar-refractivity contribution is 6.35. The lowest BCUT2D eigenvalue weighted by atomic mass is 10.1. The molecule has 3 rings (SSSR count). The van der Waals surface area contributed by atoms with Crippen LogP contribution in [-0.2, 0) is 4.79 Å². The van der Waals surface area contributed by atoms with Gasteiger partial charge in [-0.1, -0.05) is 29.3 Å². The van der Waals surface area contributed by atoms with Crippen molar-refractivity contribution in [1.82, 2.24) is 4.90 Å². The minimum atomic E-state index is -0.361. The summed E-state index contributed by atoms with van der Waals surface area (Å²) in [6, 6.07) is 5.43. The summed E-state index contributed by atoms with van der Waals surface area (Å²) in [7, 11) is 0. The number of carbonyl (C=O) groups is 1. The van der Waals surface area contributed by atoms with E-state index in [9.17, 15) is 9.90 Å². The van der Waals surface area contributed by atoms with Crippen LogP contribution >= 0.6 is 23.2 Å². The lowest BCUT2D eigenvalue weighted by molar-refractivity contribution is -0.131. The molecule has 1 amide bonds. The van der Waals surface area contributed by atoms with Crippen molar-refractivity contribution >= 4 is 29.1 Å². The number of carbonyl (C=O) groups excluding carboxylic acids is 1. The standard InChI is InChI=1S/C14H15Cl2NO2/c15-8-1-2-10(13(16)5-8)11-6-12(11)14(19)17-4-3-9(18)7-17/h1-2,5,9,11-12,18H,3-4,6-7H2/t9-,11?,12?/m1/s1. The van der Waals surface area contributed by atoms with Crippen molar-refractivity contribution in [3.05, 3.63) is 33.8 Å². The number of rotatable bonds is 2. The van der Waals surface area contributed by atoms with Gasteiger partial charge in [0, 0.05) is 29.1 Å². The fraction of sp³-hybridized carbons (Fsp3) is 0.500. The lowest BCUT2D eigenvalue weighted by Crippen LogP contribution is -2.31. The van der Waals surface area contributed by atoms with Gasteiger partial charge in [-0.05, 0) is 36.5 Å². The second-order valence-corrected chi connectivity index (χ2v) is 6.18. The Morgan fingerprint density at radius 2 is 2.16 bits per heavy atom. The predicted octanol–water partition coefficient (Wildman–Crippen LogP) is 2.69. The molecular formula is C14H15Cl2NO2. The van der Waals surface area contributed by atoms with Crippen LogP contribution in [0.3, 0.4) is 0 Å². The second kappa shape index (κ2) is 4.97. The van der Waals surface area contributed by atoms with Crippen molar-refractivity contribution in [3.63, 3.8) is 0 Å². The summed E-state index contributed by atoms with van der Waals surface area (Å²) in [6.07, 6.45) is 1.16. The summed E-state index contributed by atoms with van der Waals surface area (Å²) in [6.45, 7) is 1.13. The first-order valence-electron chi connectivity index (χ1n) is 6.48. The van der Waals surface area contributed by atoms with Crippen molar-refractivity contribution in [2.24, 2.45) is 5.92 Å². The number of benzene rings is 1. The average Bonchev–Trinajstić information content (AvgIpc) is 3.02. The molecule has 1 N–H and O–H groups in total. The number of likely N-dealkylation sites (tertiary alicyclic amines) is 1. The van der Waals surface area contributed by atoms with Crippen molar-refractivity contribution in [2.45, 2.75) is 24.9 Å². The Kier molecular flexibility index (Phi) is 3.46. The van der Waals surface area contributed by atoms with Crippen LogP contribution in [0.4, 0.5) is 0 Å². The minimum Gasteiger partial charge on any atom is -0.391 e. The molecule has 0 bridgehead atoms. The molecule has 3 nitrogen and oxygen atoms in total. The molecule has 2 unspecified atom stereocenters. The van der Waals surface area contributed by atoms with Gasteiger partial charge in [0.2, 0.25) is 5.91 Å². The number of halogens is 2. The number of β-amino-alcohol motifs (C(OH)–C–C–N with tert-alkyl or cyclic N) is 1. The highest BCUT2D eigenvalue weighted by Gasteiger charge is 2.47. The summed E-state index contributed by atoms with van der Waals surface area (Å²) in [5.41, 5.74) is 1.00. The van der Waals surface area contributed by atoms with Gasteiger partial charge in [0.25, 0.3) is 0 Å². The van der Waals surface area contributed by atoms with Crippen LogP contribution in [0.2, 0.25) is 10.0 Å². The molecular weight excluding hydrogens is 285 g/mol. The number of hydrogen-bond donors (Lipinski definition) is 1. The monoisotopic (exact) mass is 299 g/mol. The molecule has 1 aliphatic heterocycles. The zero-order valence-electron chi connectivity index (χ0n) is 10.4. The van der Waals surface area contributed by atoms with E-state index in [1.165, 1.54) is 0 Å². The maximum absolute atomic E-state index is 12.3. The van der Waals surface area contributed by atoms with Crippen LogP contribution in [-0.4, -0.2) is 35.1 Å². The van der Waals surface area contributed by atoms with E-state index in [1.54, 1.807) is 11.0 Å². The van der Waals surface area contributed by atoms with E-state index in [4.69, 9.17) is 23.2 Å². The molecule has 1 saturated carbocycles. The van der Waals surface area contributed by atoms with Gasteiger partial charge in [-0.2, -0.15) is 0 Å². The quantitative estimate of drug-likeness (QED) is 0.912. The Balaban J connectivity index is 1.69. The molecule has 1 heterocycles. The summed E-state index contributed by atoms with van der Waals surface area (Å²) in [4.78, 5) is 14.0. The zero-order chi connectivity index (χ0) is 13.6. The topological polar surface area (TPSA) is 40.5 Å². The third kappa shape index (κ3) is 2.60. The molecule has 0 aromatic heterocycles. The third-order valence-corrected chi connectivity index (χ3v) is 4.51. The van der Waals surface area contributed by atoms with Gasteiger partial charge in [0.1, 0.15) is 0 Å². The van der Waals surface area contributed by atoms with Gasteiger partial charge >= 0.3 is 0 Å². The third-order valence-electron chi connectivity index (χ3n) is 3.94. The molecule has 19 heavy (non-hydrogen) atoms. The number of aliphatic hydroxyl groups excluding tert-OH is 1. The van der Waals surface area contributed by atoms with E-state index in [0.717, 1.165) is 12.0 Å². The molecule has 1 aliphatic carbocycles. The van der Waals surface area contributed by atoms with Gasteiger partial charge in [-0.25, -0.2) is 0 Å². The molecule has 1 aromatic rings. The van der Waals surface area contributed by atoms with Gasteiger partial charge in [-0.3, -0.25) is 4.79 Å². The van der Waals surface area contributed by atoms with E-state index in [0.29, 0.717) is 29.6 Å². The van der Waals surface area contributed by atoms with E-state index >= 15 is 0 Å². The maximum atomic E-state index is 12.3.